The average Bonchev–Trinajstić information content (AvgIpc) is 2.46. The van der Waals surface area contributed by atoms with E-state index in [1.165, 1.54) is 6.33 Å². The Kier molecular flexibility index (Phi) is 4.69. The first-order chi connectivity index (χ1) is 9.33. The summed E-state index contributed by atoms with van der Waals surface area (Å²) in [4.78, 5) is 8.12. The number of aromatic nitrogens is 2. The lowest BCUT2D eigenvalue weighted by Gasteiger charge is -2.17. The number of aliphatic hydroxyl groups is 1. The van der Waals surface area contributed by atoms with E-state index in [0.29, 0.717) is 18.3 Å². The first-order valence-corrected chi connectivity index (χ1v) is 6.20. The molecule has 0 saturated carbocycles. The zero-order valence-electron chi connectivity index (χ0n) is 10.8. The van der Waals surface area contributed by atoms with Gasteiger partial charge in [0.05, 0.1) is 19.3 Å². The van der Waals surface area contributed by atoms with Crippen molar-refractivity contribution >= 4 is 5.82 Å². The smallest absolute Gasteiger partial charge is 0.218 e. The van der Waals surface area contributed by atoms with Crippen LogP contribution in [0.1, 0.15) is 18.5 Å². The molecule has 0 aliphatic carbocycles. The largest absolute Gasteiger partial charge is 0.478 e. The highest BCUT2D eigenvalue weighted by Gasteiger charge is 2.10. The van der Waals surface area contributed by atoms with E-state index >= 15 is 0 Å². The predicted molar refractivity (Wildman–Crippen MR) is 73.1 cm³/mol. The fourth-order valence-corrected chi connectivity index (χ4v) is 1.74. The SMILES string of the molecule is CCOc1cc(NC(CO)c2ccccc2)ncn1. The number of nitrogens with one attached hydrogen (secondary N) is 1. The van der Waals surface area contributed by atoms with Crippen molar-refractivity contribution in [3.63, 3.8) is 0 Å². The van der Waals surface area contributed by atoms with E-state index in [-0.39, 0.29) is 12.6 Å². The summed E-state index contributed by atoms with van der Waals surface area (Å²) >= 11 is 0. The van der Waals surface area contributed by atoms with Crippen molar-refractivity contribution in [1.82, 2.24) is 9.97 Å². The molecule has 0 radical (unpaired) electrons. The molecule has 19 heavy (non-hydrogen) atoms. The Labute approximate surface area is 112 Å². The minimum atomic E-state index is -0.203. The molecule has 100 valence electrons. The fourth-order valence-electron chi connectivity index (χ4n) is 1.74. The minimum Gasteiger partial charge on any atom is -0.478 e. The summed E-state index contributed by atoms with van der Waals surface area (Å²) in [5, 5.41) is 12.6. The number of aliphatic hydroxyl groups excluding tert-OH is 1. The summed E-state index contributed by atoms with van der Waals surface area (Å²) in [5.41, 5.74) is 1.00. The Balaban J connectivity index is 2.12. The molecule has 1 aromatic heterocycles. The van der Waals surface area contributed by atoms with Crippen LogP contribution in [0.5, 0.6) is 5.88 Å². The lowest BCUT2D eigenvalue weighted by molar-refractivity contribution is 0.276. The van der Waals surface area contributed by atoms with Gasteiger partial charge in [-0.1, -0.05) is 30.3 Å². The first kappa shape index (κ1) is 13.3. The summed E-state index contributed by atoms with van der Waals surface area (Å²) in [7, 11) is 0. The standard InChI is InChI=1S/C14H17N3O2/c1-2-19-14-8-13(15-10-16-14)17-12(9-18)11-6-4-3-5-7-11/h3-8,10,12,18H,2,9H2,1H3,(H,15,16,17). The molecular formula is C14H17N3O2. The van der Waals surface area contributed by atoms with E-state index in [0.717, 1.165) is 5.56 Å². The molecule has 0 amide bonds. The molecule has 2 N–H and O–H groups in total. The van der Waals surface area contributed by atoms with Crippen LogP contribution in [0.15, 0.2) is 42.7 Å². The average molecular weight is 259 g/mol. The van der Waals surface area contributed by atoms with Gasteiger partial charge in [0.2, 0.25) is 5.88 Å². The van der Waals surface area contributed by atoms with Crippen LogP contribution in [0.3, 0.4) is 0 Å². The molecule has 1 heterocycles. The number of ether oxygens (including phenoxy) is 1. The maximum atomic E-state index is 9.48. The molecule has 0 aliphatic heterocycles. The maximum Gasteiger partial charge on any atom is 0.218 e. The number of rotatable bonds is 6. The molecule has 0 bridgehead atoms. The van der Waals surface area contributed by atoms with Crippen LogP contribution in [-0.2, 0) is 0 Å². The fraction of sp³-hybridized carbons (Fsp3) is 0.286. The van der Waals surface area contributed by atoms with E-state index < -0.39 is 0 Å². The second-order valence-corrected chi connectivity index (χ2v) is 3.96. The van der Waals surface area contributed by atoms with Crippen molar-refractivity contribution in [2.24, 2.45) is 0 Å². The summed E-state index contributed by atoms with van der Waals surface area (Å²) in [6.07, 6.45) is 1.44. The third-order valence-corrected chi connectivity index (χ3v) is 2.64. The molecule has 0 saturated heterocycles. The number of benzene rings is 1. The van der Waals surface area contributed by atoms with Crippen LogP contribution in [0.2, 0.25) is 0 Å². The lowest BCUT2D eigenvalue weighted by atomic mass is 10.1. The molecule has 0 fully saturated rings. The highest BCUT2D eigenvalue weighted by atomic mass is 16.5. The quantitative estimate of drug-likeness (QED) is 0.830. The van der Waals surface area contributed by atoms with Crippen LogP contribution < -0.4 is 10.1 Å². The second-order valence-electron chi connectivity index (χ2n) is 3.96. The Bertz CT molecular complexity index is 505. The van der Waals surface area contributed by atoms with Gasteiger partial charge < -0.3 is 15.2 Å². The van der Waals surface area contributed by atoms with Crippen LogP contribution in [-0.4, -0.2) is 28.3 Å². The van der Waals surface area contributed by atoms with Gasteiger partial charge >= 0.3 is 0 Å². The predicted octanol–water partition coefficient (Wildman–Crippen LogP) is 2.02. The summed E-state index contributed by atoms with van der Waals surface area (Å²) in [6, 6.07) is 11.2. The highest BCUT2D eigenvalue weighted by Crippen LogP contribution is 2.19. The topological polar surface area (TPSA) is 67.3 Å². The van der Waals surface area contributed by atoms with Crippen LogP contribution in [0, 0.1) is 0 Å². The van der Waals surface area contributed by atoms with E-state index in [9.17, 15) is 5.11 Å². The Morgan fingerprint density at radius 2 is 2.05 bits per heavy atom. The molecule has 2 rings (SSSR count). The van der Waals surface area contributed by atoms with Gasteiger partial charge in [0.25, 0.3) is 0 Å². The van der Waals surface area contributed by atoms with Crippen LogP contribution in [0.25, 0.3) is 0 Å². The summed E-state index contributed by atoms with van der Waals surface area (Å²) < 4.78 is 5.31. The first-order valence-electron chi connectivity index (χ1n) is 6.20. The third-order valence-electron chi connectivity index (χ3n) is 2.64. The highest BCUT2D eigenvalue weighted by molar-refractivity contribution is 5.40. The molecule has 1 aromatic carbocycles. The van der Waals surface area contributed by atoms with Crippen molar-refractivity contribution in [2.75, 3.05) is 18.5 Å². The van der Waals surface area contributed by atoms with E-state index in [1.807, 2.05) is 37.3 Å². The Hall–Kier alpha value is -2.14. The Morgan fingerprint density at radius 1 is 1.26 bits per heavy atom. The molecular weight excluding hydrogens is 242 g/mol. The molecule has 1 unspecified atom stereocenters. The summed E-state index contributed by atoms with van der Waals surface area (Å²) in [6.45, 7) is 2.44. The van der Waals surface area contributed by atoms with Gasteiger partial charge in [-0.2, -0.15) is 0 Å². The molecule has 2 aromatic rings. The molecule has 0 aliphatic rings. The van der Waals surface area contributed by atoms with E-state index in [4.69, 9.17) is 4.74 Å². The van der Waals surface area contributed by atoms with Crippen molar-refractivity contribution in [3.8, 4) is 5.88 Å². The zero-order chi connectivity index (χ0) is 13.5. The molecule has 0 spiro atoms. The molecule has 1 atom stereocenters. The molecule has 5 heteroatoms. The Morgan fingerprint density at radius 3 is 2.74 bits per heavy atom. The maximum absolute atomic E-state index is 9.48. The normalized spacial score (nSPS) is 11.9. The van der Waals surface area contributed by atoms with Gasteiger partial charge in [0, 0.05) is 6.07 Å². The monoisotopic (exact) mass is 259 g/mol. The number of hydrogen-bond acceptors (Lipinski definition) is 5. The zero-order valence-corrected chi connectivity index (χ0v) is 10.8. The van der Waals surface area contributed by atoms with Crippen molar-refractivity contribution < 1.29 is 9.84 Å². The van der Waals surface area contributed by atoms with Gasteiger partial charge in [-0.3, -0.25) is 0 Å². The van der Waals surface area contributed by atoms with Gasteiger partial charge in [-0.25, -0.2) is 9.97 Å². The second kappa shape index (κ2) is 6.70. The number of anilines is 1. The van der Waals surface area contributed by atoms with E-state index in [2.05, 4.69) is 15.3 Å². The lowest BCUT2D eigenvalue weighted by Crippen LogP contribution is -2.15. The van der Waals surface area contributed by atoms with Crippen LogP contribution >= 0.6 is 0 Å². The van der Waals surface area contributed by atoms with Gasteiger partial charge in [-0.05, 0) is 12.5 Å². The third kappa shape index (κ3) is 3.66. The van der Waals surface area contributed by atoms with Gasteiger partial charge in [0.1, 0.15) is 12.1 Å². The van der Waals surface area contributed by atoms with E-state index in [1.54, 1.807) is 6.07 Å². The van der Waals surface area contributed by atoms with Crippen molar-refractivity contribution in [2.45, 2.75) is 13.0 Å². The number of hydrogen-bond donors (Lipinski definition) is 2. The summed E-state index contributed by atoms with van der Waals surface area (Å²) in [5.74, 6) is 1.14. The van der Waals surface area contributed by atoms with Crippen LogP contribution in [0.4, 0.5) is 5.82 Å². The van der Waals surface area contributed by atoms with Gasteiger partial charge in [0.15, 0.2) is 0 Å². The molecule has 5 nitrogen and oxygen atoms in total. The minimum absolute atomic E-state index is 0.0159. The van der Waals surface area contributed by atoms with Crippen molar-refractivity contribution in [3.05, 3.63) is 48.3 Å². The van der Waals surface area contributed by atoms with Crippen molar-refractivity contribution in [1.29, 1.82) is 0 Å². The number of nitrogens with zero attached hydrogens (tertiary/aromatic N) is 2. The van der Waals surface area contributed by atoms with Gasteiger partial charge in [-0.15, -0.1) is 0 Å².